The first-order valence-electron chi connectivity index (χ1n) is 18.2. The average Bonchev–Trinajstić information content (AvgIpc) is 2.98. The Kier molecular flexibility index (Phi) is 28.2. The molecule has 0 amide bonds. The van der Waals surface area contributed by atoms with Crippen LogP contribution in [-0.4, -0.2) is 75.5 Å². The summed E-state index contributed by atoms with van der Waals surface area (Å²) >= 11 is 0. The van der Waals surface area contributed by atoms with Gasteiger partial charge in [-0.05, 0) is 25.7 Å². The number of carbonyl (C=O) groups is 3. The fraction of sp³-hybridized carbons (Fsp3) is 0.865. The van der Waals surface area contributed by atoms with Gasteiger partial charge >= 0.3 is 11.9 Å². The summed E-state index contributed by atoms with van der Waals surface area (Å²) in [5.74, 6) is -1.80. The van der Waals surface area contributed by atoms with E-state index < -0.39 is 18.1 Å². The molecule has 0 N–H and O–H groups in total. The lowest BCUT2D eigenvalue weighted by Gasteiger charge is -2.34. The maximum absolute atomic E-state index is 12.5. The van der Waals surface area contributed by atoms with Crippen LogP contribution in [0.2, 0.25) is 0 Å². The highest BCUT2D eigenvalue weighted by Gasteiger charge is 2.25. The van der Waals surface area contributed by atoms with E-state index in [1.807, 2.05) is 6.08 Å². The van der Waals surface area contributed by atoms with Crippen LogP contribution in [0.15, 0.2) is 12.2 Å². The fourth-order valence-corrected chi connectivity index (χ4v) is 5.26. The summed E-state index contributed by atoms with van der Waals surface area (Å²) in [4.78, 5) is 36.4. The zero-order valence-corrected chi connectivity index (χ0v) is 29.8. The van der Waals surface area contributed by atoms with Crippen molar-refractivity contribution in [3.05, 3.63) is 12.2 Å². The Balaban J connectivity index is 4.42. The van der Waals surface area contributed by atoms with Crippen LogP contribution in [0.4, 0.5) is 0 Å². The molecule has 45 heavy (non-hydrogen) atoms. The highest BCUT2D eigenvalue weighted by Crippen LogP contribution is 2.14. The second-order valence-corrected chi connectivity index (χ2v) is 13.5. The van der Waals surface area contributed by atoms with Crippen molar-refractivity contribution in [2.75, 3.05) is 41.0 Å². The first-order valence-corrected chi connectivity index (χ1v) is 18.2. The standard InChI is InChI=1S/C37H69NO7/c1-6-8-10-12-14-16-17-18-19-20-22-23-25-27-35(39)44-32-33(31-43-30-29-34(37(41)42)38(3,4)5)45-36(40)28-26-24-21-15-13-11-9-7-2/h21,24,33-34H,6-20,22-23,25-32H2,1-5H3/b24-21+. The quantitative estimate of drug-likeness (QED) is 0.0326. The number of hydrogen-bond acceptors (Lipinski definition) is 7. The van der Waals surface area contributed by atoms with Gasteiger partial charge in [-0.25, -0.2) is 0 Å². The van der Waals surface area contributed by atoms with E-state index in [9.17, 15) is 19.5 Å². The number of nitrogens with zero attached hydrogens (tertiary/aromatic N) is 1. The summed E-state index contributed by atoms with van der Waals surface area (Å²) in [5, 5.41) is 11.5. The van der Waals surface area contributed by atoms with Crippen LogP contribution < -0.4 is 5.11 Å². The van der Waals surface area contributed by atoms with Gasteiger partial charge in [0.25, 0.3) is 0 Å². The number of ether oxygens (including phenoxy) is 3. The van der Waals surface area contributed by atoms with E-state index in [4.69, 9.17) is 14.2 Å². The Morgan fingerprint density at radius 2 is 1.16 bits per heavy atom. The van der Waals surface area contributed by atoms with Crippen LogP contribution >= 0.6 is 0 Å². The molecule has 8 heteroatoms. The van der Waals surface area contributed by atoms with Crippen molar-refractivity contribution in [1.29, 1.82) is 0 Å². The van der Waals surface area contributed by atoms with Gasteiger partial charge < -0.3 is 28.6 Å². The van der Waals surface area contributed by atoms with E-state index in [-0.39, 0.29) is 49.1 Å². The van der Waals surface area contributed by atoms with Crippen LogP contribution in [0.5, 0.6) is 0 Å². The molecule has 2 atom stereocenters. The molecule has 0 bridgehead atoms. The first kappa shape index (κ1) is 43.1. The number of hydrogen-bond donors (Lipinski definition) is 0. The largest absolute Gasteiger partial charge is 0.544 e. The van der Waals surface area contributed by atoms with E-state index in [1.54, 1.807) is 21.1 Å². The summed E-state index contributed by atoms with van der Waals surface area (Å²) in [5.41, 5.74) is 0. The molecule has 264 valence electrons. The maximum Gasteiger partial charge on any atom is 0.306 e. The lowest BCUT2D eigenvalue weighted by Crippen LogP contribution is -2.55. The topological polar surface area (TPSA) is 102 Å². The molecule has 0 aliphatic heterocycles. The Bertz CT molecular complexity index is 762. The van der Waals surface area contributed by atoms with Crippen molar-refractivity contribution >= 4 is 17.9 Å². The monoisotopic (exact) mass is 640 g/mol. The molecule has 0 aromatic carbocycles. The molecule has 0 radical (unpaired) electrons. The van der Waals surface area contributed by atoms with Gasteiger partial charge in [0, 0.05) is 19.3 Å². The van der Waals surface area contributed by atoms with Gasteiger partial charge in [-0.1, -0.05) is 122 Å². The molecule has 0 saturated heterocycles. The molecule has 2 unspecified atom stereocenters. The second-order valence-electron chi connectivity index (χ2n) is 13.5. The van der Waals surface area contributed by atoms with Crippen LogP contribution in [0.3, 0.4) is 0 Å². The van der Waals surface area contributed by atoms with Crippen molar-refractivity contribution in [2.45, 2.75) is 167 Å². The molecule has 0 heterocycles. The van der Waals surface area contributed by atoms with Gasteiger partial charge in [-0.15, -0.1) is 0 Å². The lowest BCUT2D eigenvalue weighted by molar-refractivity contribution is -0.889. The highest BCUT2D eigenvalue weighted by atomic mass is 16.6. The van der Waals surface area contributed by atoms with Gasteiger partial charge in [0.05, 0.1) is 40.3 Å². The molecule has 0 aliphatic carbocycles. The predicted molar refractivity (Wildman–Crippen MR) is 181 cm³/mol. The highest BCUT2D eigenvalue weighted by molar-refractivity contribution is 5.70. The third-order valence-electron chi connectivity index (χ3n) is 8.17. The average molecular weight is 640 g/mol. The number of rotatable bonds is 32. The van der Waals surface area contributed by atoms with Crippen molar-refractivity contribution in [1.82, 2.24) is 0 Å². The Hall–Kier alpha value is -1.93. The van der Waals surface area contributed by atoms with Crippen LogP contribution in [0, 0.1) is 0 Å². The number of unbranched alkanes of at least 4 members (excludes halogenated alkanes) is 16. The van der Waals surface area contributed by atoms with E-state index in [0.717, 1.165) is 32.1 Å². The number of likely N-dealkylation sites (N-methyl/N-ethyl adjacent to an activating group) is 1. The van der Waals surface area contributed by atoms with Crippen molar-refractivity contribution in [3.8, 4) is 0 Å². The number of carboxylic acid groups (broad SMARTS) is 1. The number of aliphatic carboxylic acids is 1. The fourth-order valence-electron chi connectivity index (χ4n) is 5.26. The smallest absolute Gasteiger partial charge is 0.306 e. The number of carbonyl (C=O) groups excluding carboxylic acids is 3. The summed E-state index contributed by atoms with van der Waals surface area (Å²) in [6, 6.07) is -0.724. The molecule has 0 aromatic rings. The van der Waals surface area contributed by atoms with E-state index in [1.165, 1.54) is 83.5 Å². The molecular formula is C37H69NO7. The summed E-state index contributed by atoms with van der Waals surface area (Å²) < 4.78 is 17.0. The lowest BCUT2D eigenvalue weighted by atomic mass is 10.0. The normalized spacial score (nSPS) is 13.2. The van der Waals surface area contributed by atoms with Crippen molar-refractivity contribution < 1.29 is 38.2 Å². The minimum Gasteiger partial charge on any atom is -0.544 e. The molecule has 0 saturated carbocycles. The predicted octanol–water partition coefficient (Wildman–Crippen LogP) is 7.46. The SMILES string of the molecule is CCCCCC/C=C/CCC(=O)OC(COCCC(C(=O)[O-])[N+](C)(C)C)COC(=O)CCCCCCCCCCCCCCC. The van der Waals surface area contributed by atoms with E-state index in [0.29, 0.717) is 12.8 Å². The van der Waals surface area contributed by atoms with Gasteiger partial charge in [0.15, 0.2) is 6.10 Å². The van der Waals surface area contributed by atoms with Crippen molar-refractivity contribution in [3.63, 3.8) is 0 Å². The zero-order chi connectivity index (χ0) is 33.6. The van der Waals surface area contributed by atoms with E-state index in [2.05, 4.69) is 19.9 Å². The second kappa shape index (κ2) is 29.5. The molecule has 0 aliphatic rings. The number of quaternary nitrogens is 1. The third-order valence-corrected chi connectivity index (χ3v) is 8.17. The Labute approximate surface area is 276 Å². The number of esters is 2. The molecular weight excluding hydrogens is 570 g/mol. The van der Waals surface area contributed by atoms with Gasteiger partial charge in [0.1, 0.15) is 12.6 Å². The van der Waals surface area contributed by atoms with Gasteiger partial charge in [0.2, 0.25) is 0 Å². The first-order chi connectivity index (χ1) is 21.6. The molecule has 0 spiro atoms. The minimum atomic E-state index is -1.13. The maximum atomic E-state index is 12.5. The number of carboxylic acids is 1. The van der Waals surface area contributed by atoms with Crippen LogP contribution in [0.25, 0.3) is 0 Å². The van der Waals surface area contributed by atoms with Crippen LogP contribution in [-0.2, 0) is 28.6 Å². The van der Waals surface area contributed by atoms with E-state index >= 15 is 0 Å². The molecule has 0 rings (SSSR count). The zero-order valence-electron chi connectivity index (χ0n) is 29.8. The third kappa shape index (κ3) is 28.1. The summed E-state index contributed by atoms with van der Waals surface area (Å²) in [7, 11) is 5.38. The van der Waals surface area contributed by atoms with Crippen molar-refractivity contribution in [2.24, 2.45) is 0 Å². The number of allylic oxidation sites excluding steroid dienone is 2. The summed E-state index contributed by atoms with van der Waals surface area (Å²) in [6.45, 7) is 4.56. The Morgan fingerprint density at radius 3 is 1.69 bits per heavy atom. The van der Waals surface area contributed by atoms with Gasteiger partial charge in [-0.2, -0.15) is 0 Å². The Morgan fingerprint density at radius 1 is 0.644 bits per heavy atom. The van der Waals surface area contributed by atoms with Crippen LogP contribution in [0.1, 0.15) is 155 Å². The molecule has 8 nitrogen and oxygen atoms in total. The summed E-state index contributed by atoms with van der Waals surface area (Å²) in [6.07, 6.45) is 26.8. The molecule has 0 aromatic heterocycles. The molecule has 0 fully saturated rings. The van der Waals surface area contributed by atoms with Gasteiger partial charge in [-0.3, -0.25) is 9.59 Å². The minimum absolute atomic E-state index is 0.0297.